The van der Waals surface area contributed by atoms with Gasteiger partial charge in [0.2, 0.25) is 0 Å². The van der Waals surface area contributed by atoms with Crippen LogP contribution in [0.4, 0.5) is 8.78 Å². The topological polar surface area (TPSA) is 78.4 Å². The van der Waals surface area contributed by atoms with E-state index in [4.69, 9.17) is 11.6 Å². The van der Waals surface area contributed by atoms with Gasteiger partial charge in [-0.2, -0.15) is 0 Å². The van der Waals surface area contributed by atoms with Gasteiger partial charge in [-0.15, -0.1) is 0 Å². The molecule has 2 rings (SSSR count). The molecular formula is C14H9ClF2N2O3. The molecule has 22 heavy (non-hydrogen) atoms. The molecule has 0 fully saturated rings. The van der Waals surface area contributed by atoms with Crippen LogP contribution in [-0.2, 0) is 0 Å². The fraction of sp³-hybridized carbons (Fsp3) is 0. The molecule has 0 heterocycles. The molecule has 0 radical (unpaired) electrons. The van der Waals surface area contributed by atoms with Crippen LogP contribution in [0.2, 0.25) is 5.02 Å². The molecule has 2 aromatic carbocycles. The third kappa shape index (κ3) is 3.50. The predicted octanol–water partition coefficient (Wildman–Crippen LogP) is 2.40. The Balaban J connectivity index is 2.07. The molecule has 0 aliphatic rings. The molecule has 0 aliphatic heterocycles. The molecule has 0 bridgehead atoms. The molecule has 0 atom stereocenters. The van der Waals surface area contributed by atoms with Crippen molar-refractivity contribution in [3.05, 3.63) is 64.2 Å². The van der Waals surface area contributed by atoms with E-state index in [1.807, 2.05) is 5.43 Å². The SMILES string of the molecule is O=C(NNC(=O)c1cc(F)c(F)cc1Cl)c1cccc(O)c1. The van der Waals surface area contributed by atoms with Gasteiger partial charge in [0.1, 0.15) is 5.75 Å². The summed E-state index contributed by atoms with van der Waals surface area (Å²) in [5.41, 5.74) is 3.83. The van der Waals surface area contributed by atoms with Gasteiger partial charge in [-0.05, 0) is 30.3 Å². The molecule has 0 aromatic heterocycles. The van der Waals surface area contributed by atoms with Crippen molar-refractivity contribution in [2.24, 2.45) is 0 Å². The number of carbonyl (C=O) groups is 2. The molecule has 0 aliphatic carbocycles. The monoisotopic (exact) mass is 326 g/mol. The van der Waals surface area contributed by atoms with E-state index >= 15 is 0 Å². The Labute approximate surface area is 128 Å². The fourth-order valence-corrected chi connectivity index (χ4v) is 1.83. The van der Waals surface area contributed by atoms with Crippen LogP contribution in [-0.4, -0.2) is 16.9 Å². The van der Waals surface area contributed by atoms with Gasteiger partial charge in [0.05, 0.1) is 10.6 Å². The summed E-state index contributed by atoms with van der Waals surface area (Å²) in [5, 5.41) is 8.95. The summed E-state index contributed by atoms with van der Waals surface area (Å²) in [5.74, 6) is -4.18. The summed E-state index contributed by atoms with van der Waals surface area (Å²) >= 11 is 5.64. The number of phenolic OH excluding ortho intramolecular Hbond substituents is 1. The number of hydrogen-bond acceptors (Lipinski definition) is 3. The van der Waals surface area contributed by atoms with E-state index in [9.17, 15) is 23.5 Å². The Morgan fingerprint density at radius 2 is 1.64 bits per heavy atom. The minimum absolute atomic E-state index is 0.0942. The highest BCUT2D eigenvalue weighted by molar-refractivity contribution is 6.33. The Kier molecular flexibility index (Phi) is 4.57. The highest BCUT2D eigenvalue weighted by Crippen LogP contribution is 2.19. The first kappa shape index (κ1) is 15.7. The minimum atomic E-state index is -1.24. The lowest BCUT2D eigenvalue weighted by Gasteiger charge is -2.09. The number of carbonyl (C=O) groups excluding carboxylic acids is 2. The van der Waals surface area contributed by atoms with Crippen molar-refractivity contribution < 1.29 is 23.5 Å². The number of nitrogens with one attached hydrogen (secondary N) is 2. The van der Waals surface area contributed by atoms with Crippen molar-refractivity contribution >= 4 is 23.4 Å². The number of benzene rings is 2. The zero-order valence-electron chi connectivity index (χ0n) is 10.9. The maximum atomic E-state index is 13.1. The summed E-state index contributed by atoms with van der Waals surface area (Å²) in [6.07, 6.45) is 0. The quantitative estimate of drug-likeness (QED) is 0.586. The van der Waals surface area contributed by atoms with Gasteiger partial charge in [-0.25, -0.2) is 8.78 Å². The van der Waals surface area contributed by atoms with Crippen molar-refractivity contribution in [1.29, 1.82) is 0 Å². The first-order chi connectivity index (χ1) is 10.4. The van der Waals surface area contributed by atoms with Gasteiger partial charge < -0.3 is 5.11 Å². The first-order valence-electron chi connectivity index (χ1n) is 5.92. The maximum absolute atomic E-state index is 13.1. The molecule has 0 spiro atoms. The van der Waals surface area contributed by atoms with E-state index in [0.717, 1.165) is 0 Å². The van der Waals surface area contributed by atoms with E-state index in [2.05, 4.69) is 5.43 Å². The van der Waals surface area contributed by atoms with Gasteiger partial charge in [0, 0.05) is 5.56 Å². The number of amides is 2. The zero-order valence-corrected chi connectivity index (χ0v) is 11.6. The molecule has 8 heteroatoms. The van der Waals surface area contributed by atoms with E-state index in [-0.39, 0.29) is 21.9 Å². The molecule has 2 amide bonds. The lowest BCUT2D eigenvalue weighted by molar-refractivity contribution is 0.0846. The Hall–Kier alpha value is -2.67. The number of aromatic hydroxyl groups is 1. The molecule has 2 aromatic rings. The number of rotatable bonds is 2. The van der Waals surface area contributed by atoms with Crippen LogP contribution in [0, 0.1) is 11.6 Å². The Bertz CT molecular complexity index is 753. The number of hydrazine groups is 1. The molecule has 3 N–H and O–H groups in total. The average molecular weight is 327 g/mol. The van der Waals surface area contributed by atoms with Crippen molar-refractivity contribution in [1.82, 2.24) is 10.9 Å². The van der Waals surface area contributed by atoms with Crippen LogP contribution >= 0.6 is 11.6 Å². The van der Waals surface area contributed by atoms with Crippen molar-refractivity contribution in [3.63, 3.8) is 0 Å². The van der Waals surface area contributed by atoms with Crippen LogP contribution in [0.15, 0.2) is 36.4 Å². The van der Waals surface area contributed by atoms with E-state index in [1.54, 1.807) is 0 Å². The van der Waals surface area contributed by atoms with E-state index in [1.165, 1.54) is 24.3 Å². The standard InChI is InChI=1S/C14H9ClF2N2O3/c15-10-6-12(17)11(16)5-9(10)14(22)19-18-13(21)7-2-1-3-8(20)4-7/h1-6,20H,(H,18,21)(H,19,22). The summed E-state index contributed by atoms with van der Waals surface area (Å²) in [6, 6.07) is 6.68. The molecule has 0 unspecified atom stereocenters. The van der Waals surface area contributed by atoms with Gasteiger partial charge in [-0.3, -0.25) is 20.4 Å². The minimum Gasteiger partial charge on any atom is -0.508 e. The van der Waals surface area contributed by atoms with Crippen LogP contribution in [0.25, 0.3) is 0 Å². The van der Waals surface area contributed by atoms with Crippen molar-refractivity contribution in [2.45, 2.75) is 0 Å². The van der Waals surface area contributed by atoms with Crippen LogP contribution in [0.5, 0.6) is 5.75 Å². The van der Waals surface area contributed by atoms with Gasteiger partial charge in [0.15, 0.2) is 11.6 Å². The van der Waals surface area contributed by atoms with Crippen LogP contribution < -0.4 is 10.9 Å². The summed E-state index contributed by atoms with van der Waals surface area (Å²) in [4.78, 5) is 23.5. The summed E-state index contributed by atoms with van der Waals surface area (Å²) in [6.45, 7) is 0. The second-order valence-electron chi connectivity index (χ2n) is 4.20. The molecular weight excluding hydrogens is 318 g/mol. The van der Waals surface area contributed by atoms with Gasteiger partial charge >= 0.3 is 0 Å². The molecule has 114 valence electrons. The Morgan fingerprint density at radius 1 is 1.00 bits per heavy atom. The number of phenols is 1. The second kappa shape index (κ2) is 6.40. The van der Waals surface area contributed by atoms with E-state index < -0.39 is 23.4 Å². The molecule has 0 saturated carbocycles. The van der Waals surface area contributed by atoms with E-state index in [0.29, 0.717) is 12.1 Å². The van der Waals surface area contributed by atoms with Crippen LogP contribution in [0.3, 0.4) is 0 Å². The highest BCUT2D eigenvalue weighted by Gasteiger charge is 2.16. The second-order valence-corrected chi connectivity index (χ2v) is 4.61. The van der Waals surface area contributed by atoms with Gasteiger partial charge in [0.25, 0.3) is 11.8 Å². The van der Waals surface area contributed by atoms with Gasteiger partial charge in [-0.1, -0.05) is 17.7 Å². The largest absolute Gasteiger partial charge is 0.508 e. The summed E-state index contributed by atoms with van der Waals surface area (Å²) in [7, 11) is 0. The zero-order chi connectivity index (χ0) is 16.3. The number of hydrogen-bond donors (Lipinski definition) is 3. The lowest BCUT2D eigenvalue weighted by atomic mass is 10.2. The van der Waals surface area contributed by atoms with Crippen LogP contribution in [0.1, 0.15) is 20.7 Å². The summed E-state index contributed by atoms with van der Waals surface area (Å²) < 4.78 is 26.0. The van der Waals surface area contributed by atoms with Crippen molar-refractivity contribution in [2.75, 3.05) is 0 Å². The fourth-order valence-electron chi connectivity index (χ4n) is 1.60. The predicted molar refractivity (Wildman–Crippen MR) is 74.4 cm³/mol. The van der Waals surface area contributed by atoms with Crippen molar-refractivity contribution in [3.8, 4) is 5.75 Å². The highest BCUT2D eigenvalue weighted by atomic mass is 35.5. The normalized spacial score (nSPS) is 10.1. The lowest BCUT2D eigenvalue weighted by Crippen LogP contribution is -2.41. The number of halogens is 3. The third-order valence-electron chi connectivity index (χ3n) is 2.65. The first-order valence-corrected chi connectivity index (χ1v) is 6.30. The third-order valence-corrected chi connectivity index (χ3v) is 2.97. The maximum Gasteiger partial charge on any atom is 0.271 e. The smallest absolute Gasteiger partial charge is 0.271 e. The average Bonchev–Trinajstić information content (AvgIpc) is 2.48. The Morgan fingerprint density at radius 3 is 2.32 bits per heavy atom. The molecule has 0 saturated heterocycles. The molecule has 5 nitrogen and oxygen atoms in total.